The third-order valence-electron chi connectivity index (χ3n) is 2.83. The Labute approximate surface area is 123 Å². The van der Waals surface area contributed by atoms with Gasteiger partial charge < -0.3 is 9.84 Å². The van der Waals surface area contributed by atoms with E-state index in [0.29, 0.717) is 23.9 Å². The van der Waals surface area contributed by atoms with Crippen LogP contribution in [0, 0.1) is 6.92 Å². The Morgan fingerprint density at radius 1 is 1.38 bits per heavy atom. The SMILES string of the molecule is Cc1nc(CN[C@H](C)c2cccc(NS(C)(=O)=O)c2)no1. The van der Waals surface area contributed by atoms with Crippen molar-refractivity contribution in [2.24, 2.45) is 0 Å². The Morgan fingerprint density at radius 2 is 2.14 bits per heavy atom. The molecule has 21 heavy (non-hydrogen) atoms. The van der Waals surface area contributed by atoms with E-state index in [4.69, 9.17) is 4.52 Å². The monoisotopic (exact) mass is 310 g/mol. The van der Waals surface area contributed by atoms with Gasteiger partial charge in [0.1, 0.15) is 0 Å². The molecule has 1 aromatic carbocycles. The van der Waals surface area contributed by atoms with Crippen LogP contribution in [0.2, 0.25) is 0 Å². The maximum atomic E-state index is 11.2. The summed E-state index contributed by atoms with van der Waals surface area (Å²) >= 11 is 0. The molecule has 8 heteroatoms. The van der Waals surface area contributed by atoms with Crippen molar-refractivity contribution < 1.29 is 12.9 Å². The lowest BCUT2D eigenvalue weighted by molar-refractivity contribution is 0.384. The average Bonchev–Trinajstić information content (AvgIpc) is 2.80. The summed E-state index contributed by atoms with van der Waals surface area (Å²) in [6.07, 6.45) is 1.12. The number of sulfonamides is 1. The molecular formula is C13H18N4O3S. The zero-order valence-electron chi connectivity index (χ0n) is 12.1. The molecule has 0 bridgehead atoms. The van der Waals surface area contributed by atoms with Gasteiger partial charge in [-0.2, -0.15) is 4.98 Å². The van der Waals surface area contributed by atoms with Gasteiger partial charge in [0.05, 0.1) is 12.8 Å². The number of nitrogens with one attached hydrogen (secondary N) is 2. The zero-order valence-corrected chi connectivity index (χ0v) is 12.9. The van der Waals surface area contributed by atoms with Crippen LogP contribution in [-0.2, 0) is 16.6 Å². The number of benzene rings is 1. The van der Waals surface area contributed by atoms with Crippen LogP contribution in [0.5, 0.6) is 0 Å². The molecule has 0 radical (unpaired) electrons. The molecular weight excluding hydrogens is 292 g/mol. The van der Waals surface area contributed by atoms with Gasteiger partial charge in [-0.3, -0.25) is 4.72 Å². The number of hydrogen-bond donors (Lipinski definition) is 2. The molecule has 0 aliphatic carbocycles. The molecule has 7 nitrogen and oxygen atoms in total. The van der Waals surface area contributed by atoms with E-state index in [9.17, 15) is 8.42 Å². The first-order valence-electron chi connectivity index (χ1n) is 6.44. The maximum absolute atomic E-state index is 11.2. The van der Waals surface area contributed by atoms with Crippen molar-refractivity contribution >= 4 is 15.7 Å². The molecule has 1 aromatic heterocycles. The normalized spacial score (nSPS) is 13.1. The Bertz CT molecular complexity index is 712. The lowest BCUT2D eigenvalue weighted by Gasteiger charge is -2.14. The molecule has 2 aromatic rings. The molecule has 114 valence electrons. The van der Waals surface area contributed by atoms with Gasteiger partial charge in [-0.1, -0.05) is 17.3 Å². The number of rotatable bonds is 6. The minimum Gasteiger partial charge on any atom is -0.340 e. The third kappa shape index (κ3) is 4.83. The Hall–Kier alpha value is -1.93. The quantitative estimate of drug-likeness (QED) is 0.841. The standard InChI is InChI=1S/C13H18N4O3S/c1-9(14-8-13-15-10(2)20-16-13)11-5-4-6-12(7-11)17-21(3,18)19/h4-7,9,14,17H,8H2,1-3H3/t9-/m1/s1. The fraction of sp³-hybridized carbons (Fsp3) is 0.385. The summed E-state index contributed by atoms with van der Waals surface area (Å²) in [7, 11) is -3.27. The van der Waals surface area contributed by atoms with Gasteiger partial charge in [0.25, 0.3) is 0 Å². The molecule has 1 atom stereocenters. The lowest BCUT2D eigenvalue weighted by Crippen LogP contribution is -2.19. The molecule has 0 fully saturated rings. The molecule has 1 heterocycles. The first-order chi connectivity index (χ1) is 9.83. The van der Waals surface area contributed by atoms with E-state index < -0.39 is 10.0 Å². The molecule has 2 rings (SSSR count). The van der Waals surface area contributed by atoms with Gasteiger partial charge in [-0.25, -0.2) is 8.42 Å². The van der Waals surface area contributed by atoms with Crippen molar-refractivity contribution in [1.29, 1.82) is 0 Å². The molecule has 0 saturated carbocycles. The minimum atomic E-state index is -3.27. The number of hydrogen-bond acceptors (Lipinski definition) is 6. The second kappa shape index (κ2) is 6.23. The molecule has 2 N–H and O–H groups in total. The van der Waals surface area contributed by atoms with Gasteiger partial charge in [0.2, 0.25) is 15.9 Å². The summed E-state index contributed by atoms with van der Waals surface area (Å²) in [5, 5.41) is 7.06. The van der Waals surface area contributed by atoms with E-state index in [1.54, 1.807) is 25.1 Å². The van der Waals surface area contributed by atoms with E-state index in [-0.39, 0.29) is 6.04 Å². The largest absolute Gasteiger partial charge is 0.340 e. The fourth-order valence-corrected chi connectivity index (χ4v) is 2.42. The number of nitrogens with zero attached hydrogens (tertiary/aromatic N) is 2. The minimum absolute atomic E-state index is 0.0186. The van der Waals surface area contributed by atoms with E-state index >= 15 is 0 Å². The average molecular weight is 310 g/mol. The summed E-state index contributed by atoms with van der Waals surface area (Å²) in [6, 6.07) is 7.25. The highest BCUT2D eigenvalue weighted by atomic mass is 32.2. The predicted molar refractivity (Wildman–Crippen MR) is 79.2 cm³/mol. The van der Waals surface area contributed by atoms with Crippen LogP contribution < -0.4 is 10.0 Å². The molecule has 0 spiro atoms. The maximum Gasteiger partial charge on any atom is 0.229 e. The van der Waals surface area contributed by atoms with Crippen molar-refractivity contribution in [2.45, 2.75) is 26.4 Å². The van der Waals surface area contributed by atoms with Gasteiger partial charge in [0.15, 0.2) is 5.82 Å². The summed E-state index contributed by atoms with van der Waals surface area (Å²) in [4.78, 5) is 4.11. The van der Waals surface area contributed by atoms with Crippen LogP contribution in [-0.4, -0.2) is 24.8 Å². The fourth-order valence-electron chi connectivity index (χ4n) is 1.86. The topological polar surface area (TPSA) is 97.1 Å². The summed E-state index contributed by atoms with van der Waals surface area (Å²) < 4.78 is 29.8. The highest BCUT2D eigenvalue weighted by Crippen LogP contribution is 2.18. The molecule has 0 aliphatic rings. The van der Waals surface area contributed by atoms with E-state index in [1.807, 2.05) is 13.0 Å². The molecule has 0 aliphatic heterocycles. The first-order valence-corrected chi connectivity index (χ1v) is 8.33. The van der Waals surface area contributed by atoms with E-state index in [2.05, 4.69) is 20.2 Å². The smallest absolute Gasteiger partial charge is 0.229 e. The van der Waals surface area contributed by atoms with Gasteiger partial charge in [0, 0.05) is 18.7 Å². The molecule has 0 saturated heterocycles. The highest BCUT2D eigenvalue weighted by Gasteiger charge is 2.09. The molecule has 0 amide bonds. The van der Waals surface area contributed by atoms with Crippen LogP contribution in [0.4, 0.5) is 5.69 Å². The van der Waals surface area contributed by atoms with Crippen LogP contribution in [0.3, 0.4) is 0 Å². The van der Waals surface area contributed by atoms with Crippen LogP contribution in [0.1, 0.15) is 30.2 Å². The van der Waals surface area contributed by atoms with Crippen molar-refractivity contribution in [3.05, 3.63) is 41.5 Å². The highest BCUT2D eigenvalue weighted by molar-refractivity contribution is 7.92. The number of anilines is 1. The Kier molecular flexibility index (Phi) is 4.59. The van der Waals surface area contributed by atoms with Crippen LogP contribution >= 0.6 is 0 Å². The Morgan fingerprint density at radius 3 is 2.76 bits per heavy atom. The summed E-state index contributed by atoms with van der Waals surface area (Å²) in [5.41, 5.74) is 1.50. The second-order valence-corrected chi connectivity index (χ2v) is 6.58. The molecule has 0 unspecified atom stereocenters. The van der Waals surface area contributed by atoms with E-state index in [1.165, 1.54) is 0 Å². The first kappa shape index (κ1) is 15.5. The van der Waals surface area contributed by atoms with Crippen molar-refractivity contribution in [3.63, 3.8) is 0 Å². The summed E-state index contributed by atoms with van der Waals surface area (Å²) in [5.74, 6) is 1.11. The van der Waals surface area contributed by atoms with Crippen molar-refractivity contribution in [2.75, 3.05) is 11.0 Å². The van der Waals surface area contributed by atoms with Gasteiger partial charge in [-0.05, 0) is 24.6 Å². The van der Waals surface area contributed by atoms with E-state index in [0.717, 1.165) is 11.8 Å². The second-order valence-electron chi connectivity index (χ2n) is 4.83. The van der Waals surface area contributed by atoms with Gasteiger partial charge >= 0.3 is 0 Å². The Balaban J connectivity index is 2.01. The van der Waals surface area contributed by atoms with Gasteiger partial charge in [-0.15, -0.1) is 0 Å². The summed E-state index contributed by atoms with van der Waals surface area (Å²) in [6.45, 7) is 4.19. The third-order valence-corrected chi connectivity index (χ3v) is 3.43. The van der Waals surface area contributed by atoms with Crippen LogP contribution in [0.25, 0.3) is 0 Å². The predicted octanol–water partition coefficient (Wildman–Crippen LogP) is 1.60. The van der Waals surface area contributed by atoms with Crippen molar-refractivity contribution in [1.82, 2.24) is 15.5 Å². The van der Waals surface area contributed by atoms with Crippen LogP contribution in [0.15, 0.2) is 28.8 Å². The lowest BCUT2D eigenvalue weighted by atomic mass is 10.1. The number of aromatic nitrogens is 2. The number of aryl methyl sites for hydroxylation is 1. The zero-order chi connectivity index (χ0) is 15.5. The van der Waals surface area contributed by atoms with Crippen molar-refractivity contribution in [3.8, 4) is 0 Å².